The number of hydrogen-bond acceptors (Lipinski definition) is 8. The summed E-state index contributed by atoms with van der Waals surface area (Å²) in [7, 11) is 1.37. The molecule has 0 amide bonds. The van der Waals surface area contributed by atoms with E-state index in [2.05, 4.69) is 111 Å². The molecule has 1 N–H and O–H groups in total. The summed E-state index contributed by atoms with van der Waals surface area (Å²) in [6.45, 7) is 4.07. The van der Waals surface area contributed by atoms with Crippen molar-refractivity contribution < 1.29 is 46.8 Å². The van der Waals surface area contributed by atoms with Gasteiger partial charge >= 0.3 is 19.8 Å². The van der Waals surface area contributed by atoms with Crippen molar-refractivity contribution in [3.05, 3.63) is 109 Å². The summed E-state index contributed by atoms with van der Waals surface area (Å²) in [5.41, 5.74) is 0. The van der Waals surface area contributed by atoms with Crippen LogP contribution < -0.4 is 0 Å². The third-order valence-electron chi connectivity index (χ3n) is 9.22. The predicted octanol–water partition coefficient (Wildman–Crippen LogP) is 12.1. The highest BCUT2D eigenvalue weighted by atomic mass is 31.2. The number of allylic oxidation sites excluding steroid dienone is 17. The summed E-state index contributed by atoms with van der Waals surface area (Å²) < 4.78 is 40.0. The van der Waals surface area contributed by atoms with Crippen molar-refractivity contribution >= 4 is 19.8 Å². The van der Waals surface area contributed by atoms with Gasteiger partial charge in [0.05, 0.1) is 40.0 Å². The minimum absolute atomic E-state index is 0.000759. The van der Waals surface area contributed by atoms with E-state index in [0.29, 0.717) is 23.9 Å². The third-order valence-corrected chi connectivity index (χ3v) is 10.2. The van der Waals surface area contributed by atoms with Crippen LogP contribution in [0.3, 0.4) is 0 Å². The van der Waals surface area contributed by atoms with E-state index in [-0.39, 0.29) is 38.3 Å². The number of esters is 2. The summed E-state index contributed by atoms with van der Waals surface area (Å²) in [5, 5.41) is 0. The topological polar surface area (TPSA) is 121 Å². The standard InChI is InChI=1S/C50H80NO9P/c1-6-8-10-12-14-16-18-20-21-22-23-24-25-26-28-30-32-34-36-40-50(53)59-46(45-58-61(54,55)57-43-42-51(3,4)5)44-56-49(52)41-37-39-48-47(60-48)38-35-33-31-29-27-19-17-15-13-11-9-7-2/h8,10,14-17,20-21,23-24,26-29,32-35,46-48H,6-7,9,11-13,18-19,22,25,30-31,36-45H2,1-5H3/p+1/b10-8-,16-14-,17-15-,21-20-,24-23-,28-26-,29-27-,34-32-,35-33-/t46-,47?,48?/m1/s1. The van der Waals surface area contributed by atoms with Crippen LogP contribution in [0.1, 0.15) is 129 Å². The Labute approximate surface area is 370 Å². The van der Waals surface area contributed by atoms with Gasteiger partial charge in [-0.05, 0) is 89.9 Å². The largest absolute Gasteiger partial charge is 0.472 e. The quantitative estimate of drug-likeness (QED) is 0.0161. The monoisotopic (exact) mass is 871 g/mol. The summed E-state index contributed by atoms with van der Waals surface area (Å²) in [4.78, 5) is 35.5. The van der Waals surface area contributed by atoms with Crippen LogP contribution >= 0.6 is 7.82 Å². The molecular weight excluding hydrogens is 790 g/mol. The fraction of sp³-hybridized carbons (Fsp3) is 0.600. The van der Waals surface area contributed by atoms with E-state index < -0.39 is 32.5 Å². The molecule has 0 radical (unpaired) electrons. The minimum atomic E-state index is -4.43. The number of carbonyl (C=O) groups excluding carboxylic acids is 2. The second kappa shape index (κ2) is 37.2. The molecule has 4 atom stereocenters. The Kier molecular flexibility index (Phi) is 33.9. The molecule has 61 heavy (non-hydrogen) atoms. The number of nitrogens with zero attached hydrogens (tertiary/aromatic N) is 1. The fourth-order valence-corrected chi connectivity index (χ4v) is 6.34. The predicted molar refractivity (Wildman–Crippen MR) is 251 cm³/mol. The summed E-state index contributed by atoms with van der Waals surface area (Å²) >= 11 is 0. The van der Waals surface area contributed by atoms with Crippen molar-refractivity contribution in [2.75, 3.05) is 47.5 Å². The second-order valence-electron chi connectivity index (χ2n) is 16.1. The van der Waals surface area contributed by atoms with E-state index in [4.69, 9.17) is 23.3 Å². The molecule has 0 aliphatic carbocycles. The number of hydrogen-bond donors (Lipinski definition) is 1. The Balaban J connectivity index is 2.40. The first-order chi connectivity index (χ1) is 29.5. The maximum atomic E-state index is 12.7. The van der Waals surface area contributed by atoms with E-state index in [9.17, 15) is 19.0 Å². The van der Waals surface area contributed by atoms with Crippen LogP contribution in [0.15, 0.2) is 109 Å². The van der Waals surface area contributed by atoms with Crippen molar-refractivity contribution in [2.24, 2.45) is 0 Å². The molecule has 0 aromatic rings. The number of carbonyl (C=O) groups is 2. The fourth-order valence-electron chi connectivity index (χ4n) is 5.59. The third kappa shape index (κ3) is 38.1. The van der Waals surface area contributed by atoms with Gasteiger partial charge in [-0.25, -0.2) is 4.57 Å². The van der Waals surface area contributed by atoms with Gasteiger partial charge in [-0.15, -0.1) is 0 Å². The molecule has 11 heteroatoms. The number of unbranched alkanes of at least 4 members (excludes halogenated alkanes) is 3. The van der Waals surface area contributed by atoms with Gasteiger partial charge in [-0.1, -0.05) is 136 Å². The zero-order valence-corrected chi connectivity index (χ0v) is 39.2. The molecule has 1 rings (SSSR count). The first kappa shape index (κ1) is 55.6. The zero-order chi connectivity index (χ0) is 44.7. The average Bonchev–Trinajstić information content (AvgIpc) is 3.97. The molecule has 0 spiro atoms. The van der Waals surface area contributed by atoms with Crippen molar-refractivity contribution in [2.45, 2.75) is 148 Å². The van der Waals surface area contributed by atoms with E-state index in [1.807, 2.05) is 33.3 Å². The number of likely N-dealkylation sites (N-methyl/N-ethyl adjacent to an activating group) is 1. The van der Waals surface area contributed by atoms with Crippen LogP contribution in [0.25, 0.3) is 0 Å². The van der Waals surface area contributed by atoms with Crippen LogP contribution in [0.4, 0.5) is 0 Å². The number of rotatable bonds is 38. The number of quaternary nitrogens is 1. The molecule has 0 aromatic heterocycles. The van der Waals surface area contributed by atoms with Crippen molar-refractivity contribution in [1.82, 2.24) is 0 Å². The second-order valence-corrected chi connectivity index (χ2v) is 17.5. The van der Waals surface area contributed by atoms with Gasteiger partial charge in [0.1, 0.15) is 19.8 Å². The molecule has 10 nitrogen and oxygen atoms in total. The Morgan fingerprint density at radius 1 is 0.623 bits per heavy atom. The smallest absolute Gasteiger partial charge is 0.462 e. The average molecular weight is 871 g/mol. The van der Waals surface area contributed by atoms with Crippen LogP contribution in [-0.2, 0) is 37.4 Å². The van der Waals surface area contributed by atoms with Gasteiger partial charge in [0, 0.05) is 12.8 Å². The highest BCUT2D eigenvalue weighted by Gasteiger charge is 2.36. The number of epoxide rings is 1. The van der Waals surface area contributed by atoms with Gasteiger partial charge < -0.3 is 23.6 Å². The summed E-state index contributed by atoms with van der Waals surface area (Å²) in [5.74, 6) is -0.986. The first-order valence-corrected chi connectivity index (χ1v) is 24.2. The molecule has 0 saturated carbocycles. The highest BCUT2D eigenvalue weighted by molar-refractivity contribution is 7.47. The maximum Gasteiger partial charge on any atom is 0.472 e. The Hall–Kier alpha value is -3.37. The molecule has 344 valence electrons. The lowest BCUT2D eigenvalue weighted by atomic mass is 10.1. The van der Waals surface area contributed by atoms with Crippen LogP contribution in [-0.4, -0.2) is 87.1 Å². The highest BCUT2D eigenvalue weighted by Crippen LogP contribution is 2.43. The van der Waals surface area contributed by atoms with Crippen molar-refractivity contribution in [3.8, 4) is 0 Å². The van der Waals surface area contributed by atoms with E-state index >= 15 is 0 Å². The van der Waals surface area contributed by atoms with Gasteiger partial charge in [0.2, 0.25) is 0 Å². The lowest BCUT2D eigenvalue weighted by Crippen LogP contribution is -2.37. The Morgan fingerprint density at radius 2 is 1.15 bits per heavy atom. The molecule has 3 unspecified atom stereocenters. The number of phosphoric ester groups is 1. The van der Waals surface area contributed by atoms with Crippen LogP contribution in [0, 0.1) is 0 Å². The zero-order valence-electron chi connectivity index (χ0n) is 38.3. The SMILES string of the molecule is CC/C=C\C/C=C\C/C=C\C/C=C\C/C=C\C/C=C\CCC(=O)O[C@H](COC(=O)CCCC1OC1C/C=C\C/C=C\C/C=C\CCCCC)COP(=O)(O)OCC[N+](C)(C)C. The van der Waals surface area contributed by atoms with E-state index in [1.165, 1.54) is 19.3 Å². The lowest BCUT2D eigenvalue weighted by Gasteiger charge is -2.24. The summed E-state index contributed by atoms with van der Waals surface area (Å²) in [6, 6.07) is 0. The van der Waals surface area contributed by atoms with E-state index in [0.717, 1.165) is 70.6 Å². The first-order valence-electron chi connectivity index (χ1n) is 22.7. The molecule has 1 aliphatic heterocycles. The Morgan fingerprint density at radius 3 is 1.69 bits per heavy atom. The minimum Gasteiger partial charge on any atom is -0.462 e. The maximum absolute atomic E-state index is 12.7. The molecule has 1 heterocycles. The number of ether oxygens (including phenoxy) is 3. The normalized spacial score (nSPS) is 17.9. The van der Waals surface area contributed by atoms with Crippen molar-refractivity contribution in [1.29, 1.82) is 0 Å². The molecule has 0 bridgehead atoms. The number of phosphoric acid groups is 1. The van der Waals surface area contributed by atoms with Gasteiger partial charge in [-0.2, -0.15) is 0 Å². The Bertz CT molecular complexity index is 1470. The summed E-state index contributed by atoms with van der Waals surface area (Å²) in [6.07, 6.45) is 53.2. The molecule has 1 saturated heterocycles. The molecule has 0 aromatic carbocycles. The molecule has 1 fully saturated rings. The molecular formula is C50H81NO9P+. The van der Waals surface area contributed by atoms with Gasteiger partial charge in [-0.3, -0.25) is 18.6 Å². The lowest BCUT2D eigenvalue weighted by molar-refractivity contribution is -0.870. The van der Waals surface area contributed by atoms with E-state index in [1.54, 1.807) is 0 Å². The van der Waals surface area contributed by atoms with Crippen LogP contribution in [0.5, 0.6) is 0 Å². The van der Waals surface area contributed by atoms with Crippen LogP contribution in [0.2, 0.25) is 0 Å². The molecule has 1 aliphatic rings. The van der Waals surface area contributed by atoms with Gasteiger partial charge in [0.25, 0.3) is 0 Å². The van der Waals surface area contributed by atoms with Crippen molar-refractivity contribution in [3.63, 3.8) is 0 Å². The van der Waals surface area contributed by atoms with Gasteiger partial charge in [0.15, 0.2) is 6.10 Å².